The van der Waals surface area contributed by atoms with Crippen LogP contribution in [0.25, 0.3) is 0 Å². The average molecular weight is 320 g/mol. The van der Waals surface area contributed by atoms with Crippen molar-refractivity contribution in [3.8, 4) is 0 Å². The fourth-order valence-electron chi connectivity index (χ4n) is 2.61. The number of hydrogen-bond acceptors (Lipinski definition) is 3. The van der Waals surface area contributed by atoms with Crippen LogP contribution in [0.3, 0.4) is 0 Å². The zero-order chi connectivity index (χ0) is 13.8. The minimum Gasteiger partial charge on any atom is -0.296 e. The Hall–Kier alpha value is -0.0900. The topological polar surface area (TPSA) is 20.3 Å². The first-order chi connectivity index (χ1) is 9.10. The molecule has 0 saturated carbocycles. The molecule has 1 atom stereocenters. The van der Waals surface area contributed by atoms with E-state index in [1.54, 1.807) is 6.07 Å². The molecule has 2 heterocycles. The van der Waals surface area contributed by atoms with Crippen LogP contribution in [0, 0.1) is 5.92 Å². The fourth-order valence-corrected chi connectivity index (χ4v) is 4.11. The van der Waals surface area contributed by atoms with Gasteiger partial charge in [0.05, 0.1) is 16.4 Å². The number of ketones is 1. The first-order valence-corrected chi connectivity index (χ1v) is 8.37. The zero-order valence-electron chi connectivity index (χ0n) is 11.1. The summed E-state index contributed by atoms with van der Waals surface area (Å²) in [5, 5.41) is 0. The Morgan fingerprint density at radius 3 is 2.84 bits per heavy atom. The molecule has 1 aromatic heterocycles. The number of likely N-dealkylation sites (tertiary alicyclic amines) is 1. The number of Topliss-reactive ketones (excluding diaryl/α,β-unsaturated/α-hetero) is 1. The summed E-state index contributed by atoms with van der Waals surface area (Å²) < 4.78 is 1.09. The summed E-state index contributed by atoms with van der Waals surface area (Å²) in [5.41, 5.74) is 0.577. The lowest BCUT2D eigenvalue weighted by atomic mass is 9.98. The number of rotatable bonds is 4. The van der Waals surface area contributed by atoms with Crippen LogP contribution in [0.1, 0.15) is 43.0 Å². The minimum atomic E-state index is 0.0862. The second-order valence-electron chi connectivity index (χ2n) is 5.14. The van der Waals surface area contributed by atoms with E-state index < -0.39 is 0 Å². The van der Waals surface area contributed by atoms with E-state index in [1.165, 1.54) is 37.0 Å². The Morgan fingerprint density at radius 2 is 2.21 bits per heavy atom. The third kappa shape index (κ3) is 4.19. The van der Waals surface area contributed by atoms with E-state index in [9.17, 15) is 4.79 Å². The first kappa shape index (κ1) is 15.3. The van der Waals surface area contributed by atoms with Gasteiger partial charge in [0, 0.05) is 0 Å². The van der Waals surface area contributed by atoms with E-state index in [0.29, 0.717) is 20.8 Å². The van der Waals surface area contributed by atoms with Crippen molar-refractivity contribution in [3.05, 3.63) is 20.3 Å². The van der Waals surface area contributed by atoms with Crippen molar-refractivity contribution >= 4 is 40.3 Å². The second-order valence-corrected chi connectivity index (χ2v) is 7.43. The van der Waals surface area contributed by atoms with Crippen LogP contribution in [0.5, 0.6) is 0 Å². The number of hydrogen-bond donors (Lipinski definition) is 0. The molecule has 19 heavy (non-hydrogen) atoms. The molecule has 0 amide bonds. The largest absolute Gasteiger partial charge is 0.296 e. The van der Waals surface area contributed by atoms with Crippen molar-refractivity contribution < 1.29 is 4.79 Å². The van der Waals surface area contributed by atoms with Gasteiger partial charge in [0.1, 0.15) is 4.34 Å². The van der Waals surface area contributed by atoms with E-state index >= 15 is 0 Å². The minimum absolute atomic E-state index is 0.0862. The lowest BCUT2D eigenvalue weighted by molar-refractivity contribution is 0.0933. The summed E-state index contributed by atoms with van der Waals surface area (Å²) in [7, 11) is 0. The zero-order valence-corrected chi connectivity index (χ0v) is 13.5. The first-order valence-electron chi connectivity index (χ1n) is 6.80. The Morgan fingerprint density at radius 1 is 1.42 bits per heavy atom. The SMILES string of the molecule is CCC1CCCN(CC(=O)c2cc(Cl)sc2Cl)CC1. The molecule has 1 aliphatic heterocycles. The molecular formula is C14H19Cl2NOS. The third-order valence-electron chi connectivity index (χ3n) is 3.84. The Labute approximate surface area is 128 Å². The quantitative estimate of drug-likeness (QED) is 0.746. The molecule has 0 aromatic carbocycles. The van der Waals surface area contributed by atoms with Gasteiger partial charge in [0.2, 0.25) is 0 Å². The summed E-state index contributed by atoms with van der Waals surface area (Å²) in [6.45, 7) is 4.74. The predicted octanol–water partition coefficient (Wildman–Crippen LogP) is 4.75. The van der Waals surface area contributed by atoms with Gasteiger partial charge < -0.3 is 0 Å². The molecule has 1 unspecified atom stereocenters. The highest BCUT2D eigenvalue weighted by molar-refractivity contribution is 7.20. The van der Waals surface area contributed by atoms with Crippen LogP contribution in [0.15, 0.2) is 6.07 Å². The van der Waals surface area contributed by atoms with Gasteiger partial charge in [-0.05, 0) is 44.3 Å². The molecule has 106 valence electrons. The van der Waals surface area contributed by atoms with Crippen molar-refractivity contribution in [1.82, 2.24) is 4.90 Å². The van der Waals surface area contributed by atoms with Crippen LogP contribution in [-0.4, -0.2) is 30.3 Å². The van der Waals surface area contributed by atoms with Crippen LogP contribution in [-0.2, 0) is 0 Å². The molecule has 0 bridgehead atoms. The van der Waals surface area contributed by atoms with Gasteiger partial charge in [0.25, 0.3) is 0 Å². The summed E-state index contributed by atoms with van der Waals surface area (Å²) in [4.78, 5) is 14.5. The van der Waals surface area contributed by atoms with Gasteiger partial charge in [-0.3, -0.25) is 9.69 Å². The highest BCUT2D eigenvalue weighted by Gasteiger charge is 2.20. The van der Waals surface area contributed by atoms with Gasteiger partial charge in [-0.25, -0.2) is 0 Å². The molecular weight excluding hydrogens is 301 g/mol. The van der Waals surface area contributed by atoms with Gasteiger partial charge in [-0.2, -0.15) is 0 Å². The Bertz CT molecular complexity index is 447. The molecule has 0 radical (unpaired) electrons. The Kier molecular flexibility index (Phi) is 5.70. The van der Waals surface area contributed by atoms with E-state index in [2.05, 4.69) is 11.8 Å². The van der Waals surface area contributed by atoms with E-state index in [4.69, 9.17) is 23.2 Å². The van der Waals surface area contributed by atoms with Crippen LogP contribution in [0.4, 0.5) is 0 Å². The maximum atomic E-state index is 12.2. The van der Waals surface area contributed by atoms with Crippen molar-refractivity contribution in [1.29, 1.82) is 0 Å². The van der Waals surface area contributed by atoms with Gasteiger partial charge in [0.15, 0.2) is 5.78 Å². The van der Waals surface area contributed by atoms with Crippen molar-refractivity contribution in [2.75, 3.05) is 19.6 Å². The van der Waals surface area contributed by atoms with Gasteiger partial charge in [-0.15, -0.1) is 11.3 Å². The van der Waals surface area contributed by atoms with Crippen molar-refractivity contribution in [2.24, 2.45) is 5.92 Å². The lowest BCUT2D eigenvalue weighted by Crippen LogP contribution is -2.30. The highest BCUT2D eigenvalue weighted by Crippen LogP contribution is 2.31. The smallest absolute Gasteiger partial charge is 0.179 e. The summed E-state index contributed by atoms with van der Waals surface area (Å²) >= 11 is 13.2. The monoisotopic (exact) mass is 319 g/mol. The van der Waals surface area contributed by atoms with E-state index in [1.807, 2.05) is 0 Å². The van der Waals surface area contributed by atoms with E-state index in [-0.39, 0.29) is 5.78 Å². The lowest BCUT2D eigenvalue weighted by Gasteiger charge is -2.18. The van der Waals surface area contributed by atoms with Crippen LogP contribution >= 0.6 is 34.5 Å². The highest BCUT2D eigenvalue weighted by atomic mass is 35.5. The molecule has 5 heteroatoms. The second kappa shape index (κ2) is 7.07. The number of thiophene rings is 1. The standard InChI is InChI=1S/C14H19Cl2NOS/c1-2-10-4-3-6-17(7-5-10)9-12(18)11-8-13(15)19-14(11)16/h8,10H,2-7,9H2,1H3. The van der Waals surface area contributed by atoms with Crippen molar-refractivity contribution in [3.63, 3.8) is 0 Å². The number of nitrogens with zero attached hydrogens (tertiary/aromatic N) is 1. The molecule has 0 N–H and O–H groups in total. The fraction of sp³-hybridized carbons (Fsp3) is 0.643. The average Bonchev–Trinajstić information content (AvgIpc) is 2.60. The van der Waals surface area contributed by atoms with Gasteiger partial charge in [-0.1, -0.05) is 36.5 Å². The summed E-state index contributed by atoms with van der Waals surface area (Å²) in [6.07, 6.45) is 4.91. The number of halogens is 2. The van der Waals surface area contributed by atoms with E-state index in [0.717, 1.165) is 19.0 Å². The van der Waals surface area contributed by atoms with Crippen LogP contribution < -0.4 is 0 Å². The molecule has 2 nitrogen and oxygen atoms in total. The maximum Gasteiger partial charge on any atom is 0.179 e. The van der Waals surface area contributed by atoms with Crippen molar-refractivity contribution in [2.45, 2.75) is 32.6 Å². The summed E-state index contributed by atoms with van der Waals surface area (Å²) in [6, 6.07) is 1.68. The number of carbonyl (C=O) groups excluding carboxylic acids is 1. The molecule has 0 aliphatic carbocycles. The normalized spacial score (nSPS) is 21.3. The molecule has 1 fully saturated rings. The third-order valence-corrected chi connectivity index (χ3v) is 5.33. The Balaban J connectivity index is 1.93. The molecule has 1 aliphatic rings. The van der Waals surface area contributed by atoms with Gasteiger partial charge >= 0.3 is 0 Å². The number of carbonyl (C=O) groups is 1. The summed E-state index contributed by atoms with van der Waals surface area (Å²) in [5.74, 6) is 0.905. The molecule has 0 spiro atoms. The predicted molar refractivity (Wildman–Crippen MR) is 82.7 cm³/mol. The molecule has 1 aromatic rings. The maximum absolute atomic E-state index is 12.2. The molecule has 1 saturated heterocycles. The van der Waals surface area contributed by atoms with Crippen LogP contribution in [0.2, 0.25) is 8.67 Å². The molecule has 2 rings (SSSR count).